The van der Waals surface area contributed by atoms with E-state index in [0.29, 0.717) is 40.1 Å². The van der Waals surface area contributed by atoms with Crippen molar-refractivity contribution < 1.29 is 19.1 Å². The van der Waals surface area contributed by atoms with E-state index in [0.717, 1.165) is 4.90 Å². The molecule has 0 unspecified atom stereocenters. The average Bonchev–Trinajstić information content (AvgIpc) is 3.04. The van der Waals surface area contributed by atoms with Crippen LogP contribution in [0.15, 0.2) is 78.5 Å². The monoisotopic (exact) mass is 448 g/mol. The summed E-state index contributed by atoms with van der Waals surface area (Å²) in [5.41, 5.74) is 1.98. The number of halogens is 1. The van der Waals surface area contributed by atoms with Gasteiger partial charge in [-0.3, -0.25) is 9.59 Å². The van der Waals surface area contributed by atoms with Crippen molar-refractivity contribution in [2.45, 2.75) is 6.92 Å². The van der Waals surface area contributed by atoms with Crippen molar-refractivity contribution in [3.8, 4) is 11.5 Å². The third-order valence-corrected chi connectivity index (χ3v) is 5.22. The van der Waals surface area contributed by atoms with E-state index in [1.54, 1.807) is 67.8 Å². The molecule has 3 aromatic rings. The molecule has 32 heavy (non-hydrogen) atoms. The van der Waals surface area contributed by atoms with E-state index in [1.165, 1.54) is 0 Å². The fourth-order valence-corrected chi connectivity index (χ4v) is 3.65. The predicted molar refractivity (Wildman–Crippen MR) is 125 cm³/mol. The summed E-state index contributed by atoms with van der Waals surface area (Å²) in [5, 5.41) is 3.66. The van der Waals surface area contributed by atoms with E-state index in [1.807, 2.05) is 19.1 Å². The van der Waals surface area contributed by atoms with Crippen molar-refractivity contribution in [2.75, 3.05) is 23.9 Å². The standard InChI is InChI=1S/C25H21ClN2O4/c1-3-32-19-8-6-7-18(15-19)28-24(29)22(16-11-13-17(26)14-12-16)23(25(28)30)27-20-9-4-5-10-21(20)31-2/h4-15,27H,3H2,1-2H3. The third kappa shape index (κ3) is 4.05. The second kappa shape index (κ2) is 9.16. The highest BCUT2D eigenvalue weighted by atomic mass is 35.5. The number of anilines is 2. The zero-order valence-electron chi connectivity index (χ0n) is 17.6. The Balaban J connectivity index is 1.81. The Kier molecular flexibility index (Phi) is 6.14. The molecule has 1 N–H and O–H groups in total. The second-order valence-electron chi connectivity index (χ2n) is 6.96. The number of ether oxygens (including phenoxy) is 2. The van der Waals surface area contributed by atoms with Gasteiger partial charge in [0, 0.05) is 11.1 Å². The lowest BCUT2D eigenvalue weighted by molar-refractivity contribution is -0.120. The molecule has 1 aliphatic rings. The highest BCUT2D eigenvalue weighted by Gasteiger charge is 2.40. The van der Waals surface area contributed by atoms with Crippen LogP contribution in [0.2, 0.25) is 5.02 Å². The van der Waals surface area contributed by atoms with E-state index in [2.05, 4.69) is 5.32 Å². The maximum absolute atomic E-state index is 13.5. The Morgan fingerprint density at radius 2 is 1.69 bits per heavy atom. The van der Waals surface area contributed by atoms with Gasteiger partial charge in [-0.05, 0) is 48.9 Å². The van der Waals surface area contributed by atoms with Gasteiger partial charge in [-0.2, -0.15) is 0 Å². The zero-order chi connectivity index (χ0) is 22.7. The van der Waals surface area contributed by atoms with Crippen LogP contribution in [-0.4, -0.2) is 25.5 Å². The van der Waals surface area contributed by atoms with Gasteiger partial charge < -0.3 is 14.8 Å². The molecule has 0 aliphatic carbocycles. The number of carbonyl (C=O) groups is 2. The lowest BCUT2D eigenvalue weighted by Crippen LogP contribution is -2.32. The van der Waals surface area contributed by atoms with E-state index >= 15 is 0 Å². The largest absolute Gasteiger partial charge is 0.495 e. The number of methoxy groups -OCH3 is 1. The van der Waals surface area contributed by atoms with Gasteiger partial charge in [0.2, 0.25) is 0 Å². The van der Waals surface area contributed by atoms with Gasteiger partial charge in [0.25, 0.3) is 11.8 Å². The SMILES string of the molecule is CCOc1cccc(N2C(=O)C(Nc3ccccc3OC)=C(c3ccc(Cl)cc3)C2=O)c1. The minimum absolute atomic E-state index is 0.156. The fourth-order valence-electron chi connectivity index (χ4n) is 3.53. The summed E-state index contributed by atoms with van der Waals surface area (Å²) in [5.74, 6) is 0.208. The van der Waals surface area contributed by atoms with Gasteiger partial charge in [0.15, 0.2) is 0 Å². The van der Waals surface area contributed by atoms with Crippen molar-refractivity contribution >= 4 is 40.4 Å². The summed E-state index contributed by atoms with van der Waals surface area (Å²) in [6.45, 7) is 2.34. The van der Waals surface area contributed by atoms with Gasteiger partial charge in [0.1, 0.15) is 17.2 Å². The van der Waals surface area contributed by atoms with Crippen LogP contribution < -0.4 is 19.7 Å². The first-order chi connectivity index (χ1) is 15.5. The summed E-state index contributed by atoms with van der Waals surface area (Å²) in [4.78, 5) is 28.2. The summed E-state index contributed by atoms with van der Waals surface area (Å²) in [7, 11) is 1.54. The Morgan fingerprint density at radius 1 is 0.938 bits per heavy atom. The molecule has 2 amide bonds. The number of rotatable bonds is 7. The number of benzene rings is 3. The first-order valence-electron chi connectivity index (χ1n) is 10.1. The van der Waals surface area contributed by atoms with E-state index in [-0.39, 0.29) is 11.3 Å². The number of nitrogens with zero attached hydrogens (tertiary/aromatic N) is 1. The molecule has 162 valence electrons. The Labute approximate surface area is 191 Å². The van der Waals surface area contributed by atoms with Crippen LogP contribution in [0.1, 0.15) is 12.5 Å². The van der Waals surface area contributed by atoms with Crippen molar-refractivity contribution in [3.05, 3.63) is 89.1 Å². The molecule has 0 aromatic heterocycles. The number of carbonyl (C=O) groups excluding carboxylic acids is 2. The van der Waals surface area contributed by atoms with Crippen LogP contribution in [0, 0.1) is 0 Å². The topological polar surface area (TPSA) is 67.9 Å². The molecule has 1 aliphatic heterocycles. The number of imide groups is 1. The first kappa shape index (κ1) is 21.5. The Morgan fingerprint density at radius 3 is 2.41 bits per heavy atom. The minimum Gasteiger partial charge on any atom is -0.495 e. The summed E-state index contributed by atoms with van der Waals surface area (Å²) in [6, 6.07) is 20.9. The molecule has 0 atom stereocenters. The summed E-state index contributed by atoms with van der Waals surface area (Å²) >= 11 is 6.04. The van der Waals surface area contributed by atoms with Gasteiger partial charge in [-0.15, -0.1) is 0 Å². The van der Waals surface area contributed by atoms with Crippen LogP contribution in [0.25, 0.3) is 5.57 Å². The van der Waals surface area contributed by atoms with E-state index in [9.17, 15) is 9.59 Å². The number of nitrogens with one attached hydrogen (secondary N) is 1. The number of para-hydroxylation sites is 2. The molecule has 0 spiro atoms. The van der Waals surface area contributed by atoms with Gasteiger partial charge in [-0.1, -0.05) is 41.9 Å². The molecule has 0 saturated heterocycles. The molecular weight excluding hydrogens is 428 g/mol. The van der Waals surface area contributed by atoms with Crippen LogP contribution >= 0.6 is 11.6 Å². The molecule has 6 nitrogen and oxygen atoms in total. The fraction of sp³-hybridized carbons (Fsp3) is 0.120. The van der Waals surface area contributed by atoms with Crippen LogP contribution in [0.3, 0.4) is 0 Å². The lowest BCUT2D eigenvalue weighted by Gasteiger charge is -2.17. The lowest BCUT2D eigenvalue weighted by atomic mass is 10.0. The normalized spacial score (nSPS) is 13.5. The Bertz CT molecular complexity index is 1200. The molecule has 3 aromatic carbocycles. The molecule has 0 bridgehead atoms. The van der Waals surface area contributed by atoms with Crippen molar-refractivity contribution in [2.24, 2.45) is 0 Å². The summed E-state index contributed by atoms with van der Waals surface area (Å²) in [6.07, 6.45) is 0. The van der Waals surface area contributed by atoms with Gasteiger partial charge in [0.05, 0.1) is 30.7 Å². The van der Waals surface area contributed by atoms with Crippen molar-refractivity contribution in [1.82, 2.24) is 0 Å². The highest BCUT2D eigenvalue weighted by molar-refractivity contribution is 6.46. The molecular formula is C25H21ClN2O4. The van der Waals surface area contributed by atoms with Gasteiger partial charge >= 0.3 is 0 Å². The van der Waals surface area contributed by atoms with Crippen molar-refractivity contribution in [3.63, 3.8) is 0 Å². The van der Waals surface area contributed by atoms with Gasteiger partial charge in [-0.25, -0.2) is 4.90 Å². The predicted octanol–water partition coefficient (Wildman–Crippen LogP) is 5.14. The molecule has 4 rings (SSSR count). The maximum atomic E-state index is 13.5. The number of hydrogen-bond donors (Lipinski definition) is 1. The molecule has 0 radical (unpaired) electrons. The second-order valence-corrected chi connectivity index (χ2v) is 7.39. The first-order valence-corrected chi connectivity index (χ1v) is 10.4. The maximum Gasteiger partial charge on any atom is 0.282 e. The minimum atomic E-state index is -0.473. The Hall–Kier alpha value is -3.77. The average molecular weight is 449 g/mol. The van der Waals surface area contributed by atoms with Crippen LogP contribution in [0.4, 0.5) is 11.4 Å². The smallest absolute Gasteiger partial charge is 0.282 e. The summed E-state index contributed by atoms with van der Waals surface area (Å²) < 4.78 is 10.9. The highest BCUT2D eigenvalue weighted by Crippen LogP contribution is 2.36. The number of hydrogen-bond acceptors (Lipinski definition) is 5. The molecule has 0 fully saturated rings. The van der Waals surface area contributed by atoms with Crippen molar-refractivity contribution in [1.29, 1.82) is 0 Å². The van der Waals surface area contributed by atoms with Crippen LogP contribution in [0.5, 0.6) is 11.5 Å². The molecule has 7 heteroatoms. The molecule has 0 saturated carbocycles. The number of amides is 2. The molecule has 1 heterocycles. The van der Waals surface area contributed by atoms with E-state index < -0.39 is 11.8 Å². The van der Waals surface area contributed by atoms with Crippen LogP contribution in [-0.2, 0) is 9.59 Å². The third-order valence-electron chi connectivity index (χ3n) is 4.97. The zero-order valence-corrected chi connectivity index (χ0v) is 18.3. The van der Waals surface area contributed by atoms with E-state index in [4.69, 9.17) is 21.1 Å². The quantitative estimate of drug-likeness (QED) is 0.506.